The van der Waals surface area contributed by atoms with Gasteiger partial charge in [-0.05, 0) is 92.1 Å². The van der Waals surface area contributed by atoms with E-state index in [0.29, 0.717) is 5.39 Å². The van der Waals surface area contributed by atoms with Crippen LogP contribution in [-0.2, 0) is 6.32 Å². The average Bonchev–Trinajstić information content (AvgIpc) is 3.58. The monoisotopic (exact) mass is 866 g/mol. The van der Waals surface area contributed by atoms with Crippen LogP contribution in [0.5, 0.6) is 0 Å². The molecule has 0 saturated carbocycles. The van der Waals surface area contributed by atoms with Gasteiger partial charge in [-0.1, -0.05) is 122 Å². The van der Waals surface area contributed by atoms with Gasteiger partial charge < -0.3 is 0 Å². The highest BCUT2D eigenvalue weighted by Crippen LogP contribution is 2.48. The third kappa shape index (κ3) is 6.43. The zero-order chi connectivity index (χ0) is 54.4. The van der Waals surface area contributed by atoms with Crippen molar-refractivity contribution in [3.05, 3.63) is 43.9 Å². The van der Waals surface area contributed by atoms with Crippen LogP contribution >= 0.6 is 0 Å². The van der Waals surface area contributed by atoms with Crippen molar-refractivity contribution in [3.8, 4) is 12.3 Å². The summed E-state index contributed by atoms with van der Waals surface area (Å²) in [6.45, 7) is 0. The molecule has 74 heavy (non-hydrogen) atoms. The summed E-state index contributed by atoms with van der Waals surface area (Å²) in [7, 11) is 178. The van der Waals surface area contributed by atoms with Crippen molar-refractivity contribution in [2.24, 2.45) is 0 Å². The highest BCUT2D eigenvalue weighted by molar-refractivity contribution is 6.76. The predicted octanol–water partition coefficient (Wildman–Crippen LogP) is -17.0. The van der Waals surface area contributed by atoms with E-state index in [4.69, 9.17) is 210 Å². The van der Waals surface area contributed by atoms with E-state index in [0.717, 1.165) is 0 Å². The molecule has 1 aliphatic carbocycles. The summed E-state index contributed by atoms with van der Waals surface area (Å²) in [6, 6.07) is 0. The predicted molar refractivity (Wildman–Crippen MR) is 344 cm³/mol. The number of hydrogen-bond acceptors (Lipinski definition) is 0. The standard InChI is InChI=1S/C48H4B26/c1-2-4(7-6-5(3-49)24(50)31(57)17-9(6)18(33(59)26(7)52)41(67)45(71)40(17)66)8-10(14-23(39(65)27(8)53)44(70)48(74)47(73)30(14)56)16-25(51)22(38(64)32(16)58)15-13-11-12-20(35(61)28(13)54)42(68)46(72)43(69)21(12)37(63)36(62)19(11)34(60)29(15)55/h1,16H,3H2/b7-4-. The summed E-state index contributed by atoms with van der Waals surface area (Å²) in [6.07, 6.45) is 6.43. The van der Waals surface area contributed by atoms with Gasteiger partial charge in [-0.3, -0.25) is 0 Å². The molecule has 0 amide bonds. The molecule has 52 radical (unpaired) electrons. The minimum absolute atomic E-state index is 0.00632. The first-order valence-electron chi connectivity index (χ1n) is 22.1. The van der Waals surface area contributed by atoms with Crippen LogP contribution in [0.1, 0.15) is 28.2 Å². The molecule has 10 rings (SSSR count). The molecular weight excluding hydrogens is 858 g/mol. The third-order valence-corrected chi connectivity index (χ3v) is 15.1. The first-order chi connectivity index (χ1) is 34.7. The number of terminal acetylenes is 1. The molecule has 0 fully saturated rings. The van der Waals surface area contributed by atoms with Crippen LogP contribution in [0.25, 0.3) is 75.8 Å². The van der Waals surface area contributed by atoms with Gasteiger partial charge >= 0.3 is 0 Å². The SMILES string of the molecule is [B]Cc1c([B])c([B])c2c([B])c([B])c([B])c3c([B])c([B])/c(=C(/C#C)c4c([B])c([B])c5c([B])c([B])c([B])c([B])c5c4C4C([B])=C([B])C(c5c([B])c([B])c6c([B])c([B])c7c([B])c([B])c([B])c8c([B])c([B])c5c6c78)=C4[B])c1c23. The Kier molecular flexibility index (Phi) is 12.7. The molecule has 9 aromatic rings. The molecule has 0 N–H and O–H groups in total. The van der Waals surface area contributed by atoms with Crippen molar-refractivity contribution in [3.63, 3.8) is 0 Å². The maximum atomic E-state index is 7.50. The number of fused-ring (bicyclic) bond motifs is 1. The highest BCUT2D eigenvalue weighted by atomic mass is 14.4. The maximum Gasteiger partial charge on any atom is 0.113 e. The van der Waals surface area contributed by atoms with Crippen LogP contribution in [0.3, 0.4) is 0 Å². The van der Waals surface area contributed by atoms with E-state index in [-0.39, 0.29) is 241 Å². The van der Waals surface area contributed by atoms with Crippen molar-refractivity contribution in [2.75, 3.05) is 0 Å². The Morgan fingerprint density at radius 2 is 0.649 bits per heavy atom. The van der Waals surface area contributed by atoms with E-state index >= 15 is 0 Å². The fourth-order valence-corrected chi connectivity index (χ4v) is 11.5. The summed E-state index contributed by atoms with van der Waals surface area (Å²) in [5.74, 6) is 1.36. The third-order valence-electron chi connectivity index (χ3n) is 15.1. The fraction of sp³-hybridized carbons (Fsp3) is 0.0417. The normalized spacial score (nSPS) is 14.6. The Hall–Kier alpha value is -4.47. The van der Waals surface area contributed by atoms with Crippen LogP contribution in [0.15, 0.2) is 16.4 Å². The summed E-state index contributed by atoms with van der Waals surface area (Å²) < 4.78 is 0. The van der Waals surface area contributed by atoms with E-state index in [1.807, 2.05) is 0 Å². The van der Waals surface area contributed by atoms with E-state index in [9.17, 15) is 0 Å². The van der Waals surface area contributed by atoms with E-state index in [1.54, 1.807) is 0 Å². The minimum Gasteiger partial charge on any atom is -0.115 e. The Labute approximate surface area is 465 Å². The second kappa shape index (κ2) is 17.8. The lowest BCUT2D eigenvalue weighted by Gasteiger charge is -2.32. The smallest absolute Gasteiger partial charge is 0.113 e. The molecule has 1 unspecified atom stereocenters. The van der Waals surface area contributed by atoms with Crippen LogP contribution < -0.4 is 125 Å². The van der Waals surface area contributed by atoms with Gasteiger partial charge in [-0.2, -0.15) is 0 Å². The topological polar surface area (TPSA) is 0 Å². The van der Waals surface area contributed by atoms with Gasteiger partial charge in [0.15, 0.2) is 0 Å². The lowest BCUT2D eigenvalue weighted by molar-refractivity contribution is 1.07. The molecule has 0 aromatic heterocycles. The molecule has 0 spiro atoms. The molecule has 26 heteroatoms. The lowest BCUT2D eigenvalue weighted by atomic mass is 9.57. The second-order valence-electron chi connectivity index (χ2n) is 18.5. The molecular formula is C48H4B26. The zero-order valence-corrected chi connectivity index (χ0v) is 39.4. The van der Waals surface area contributed by atoms with Crippen molar-refractivity contribution in [1.82, 2.24) is 0 Å². The van der Waals surface area contributed by atoms with Crippen LogP contribution in [-0.4, -0.2) is 204 Å². The summed E-state index contributed by atoms with van der Waals surface area (Å²) >= 11 is 0. The molecule has 9 aromatic carbocycles. The molecule has 1 aliphatic rings. The molecule has 0 nitrogen and oxygen atoms in total. The quantitative estimate of drug-likeness (QED) is 0.0939. The summed E-state index contributed by atoms with van der Waals surface area (Å²) in [5, 5.41) is 2.38. The Balaban J connectivity index is 1.47. The molecule has 0 aliphatic heterocycles. The number of rotatable bonds is 4. The maximum absolute atomic E-state index is 7.50. The minimum atomic E-state index is -1.40. The van der Waals surface area contributed by atoms with E-state index < -0.39 is 5.92 Å². The second-order valence-corrected chi connectivity index (χ2v) is 18.5. The highest BCUT2D eigenvalue weighted by Gasteiger charge is 2.36. The molecule has 0 saturated heterocycles. The molecule has 274 valence electrons. The number of benzene rings is 9. The van der Waals surface area contributed by atoms with Crippen molar-refractivity contribution in [2.45, 2.75) is 12.2 Å². The van der Waals surface area contributed by atoms with Gasteiger partial charge in [-0.25, -0.2) is 0 Å². The van der Waals surface area contributed by atoms with Gasteiger partial charge in [0.2, 0.25) is 0 Å². The van der Waals surface area contributed by atoms with Gasteiger partial charge in [-0.15, -0.1) is 39.2 Å². The van der Waals surface area contributed by atoms with E-state index in [1.165, 1.54) is 0 Å². The van der Waals surface area contributed by atoms with Crippen molar-refractivity contribution in [1.29, 1.82) is 0 Å². The average molecular weight is 862 g/mol. The Bertz CT molecular complexity index is 4360. The lowest BCUT2D eigenvalue weighted by Crippen LogP contribution is -2.52. The van der Waals surface area contributed by atoms with E-state index in [2.05, 4.69) is 5.92 Å². The van der Waals surface area contributed by atoms with Crippen molar-refractivity contribution < 1.29 is 0 Å². The zero-order valence-electron chi connectivity index (χ0n) is 39.4. The number of hydrogen-bond donors (Lipinski definition) is 0. The van der Waals surface area contributed by atoms with Crippen LogP contribution in [0.2, 0.25) is 0 Å². The molecule has 1 atom stereocenters. The Morgan fingerprint density at radius 3 is 1.09 bits per heavy atom. The van der Waals surface area contributed by atoms with Crippen LogP contribution in [0.4, 0.5) is 0 Å². The number of allylic oxidation sites excluding steroid dienone is 4. The summed E-state index contributed by atoms with van der Waals surface area (Å²) in [5.41, 5.74) is -1.54. The first kappa shape index (κ1) is 52.9. The summed E-state index contributed by atoms with van der Waals surface area (Å²) in [4.78, 5) is 0. The van der Waals surface area contributed by atoms with Gasteiger partial charge in [0.05, 0.1) is 7.85 Å². The fourth-order valence-electron chi connectivity index (χ4n) is 11.5. The largest absolute Gasteiger partial charge is 0.115 e. The van der Waals surface area contributed by atoms with Gasteiger partial charge in [0, 0.05) is 11.5 Å². The van der Waals surface area contributed by atoms with Crippen molar-refractivity contribution >= 4 is 400 Å². The van der Waals surface area contributed by atoms with Gasteiger partial charge in [0.1, 0.15) is 196 Å². The molecule has 0 heterocycles. The first-order valence-corrected chi connectivity index (χ1v) is 22.1. The Morgan fingerprint density at radius 1 is 0.324 bits per heavy atom. The molecule has 0 bridgehead atoms. The van der Waals surface area contributed by atoms with Gasteiger partial charge in [0.25, 0.3) is 0 Å². The van der Waals surface area contributed by atoms with Crippen LogP contribution in [0, 0.1) is 12.3 Å².